The average Bonchev–Trinajstić information content (AvgIpc) is 2.21. The smallest absolute Gasteiger partial charge is 0.123 e. The molecule has 4 nitrogen and oxygen atoms in total. The number of nitrogens with zero attached hydrogens (tertiary/aromatic N) is 1. The first-order chi connectivity index (χ1) is 7.83. The van der Waals surface area contributed by atoms with Gasteiger partial charge in [0.15, 0.2) is 0 Å². The molecule has 3 N–H and O–H groups in total. The Labute approximate surface area is 103 Å². The van der Waals surface area contributed by atoms with Gasteiger partial charge in [-0.15, -0.1) is 0 Å². The molecule has 1 aromatic rings. The number of rotatable bonds is 5. The van der Waals surface area contributed by atoms with Crippen molar-refractivity contribution >= 4 is 0 Å². The molecule has 1 aromatic carbocycles. The molecule has 96 valence electrons. The van der Waals surface area contributed by atoms with Gasteiger partial charge >= 0.3 is 0 Å². The number of likely N-dealkylation sites (N-methyl/N-ethyl adjacent to an activating group) is 1. The van der Waals surface area contributed by atoms with E-state index in [4.69, 9.17) is 0 Å². The maximum Gasteiger partial charge on any atom is 0.123 e. The van der Waals surface area contributed by atoms with Crippen molar-refractivity contribution in [2.75, 3.05) is 20.6 Å². The zero-order chi connectivity index (χ0) is 13.1. The van der Waals surface area contributed by atoms with Gasteiger partial charge in [0.05, 0.1) is 0 Å². The van der Waals surface area contributed by atoms with E-state index in [1.54, 1.807) is 12.1 Å². The SMILES string of the molecule is CN(C)C(C)(C)CNCc1ccc(O)cc1O. The fourth-order valence-corrected chi connectivity index (χ4v) is 1.36. The summed E-state index contributed by atoms with van der Waals surface area (Å²) in [6.07, 6.45) is 0. The van der Waals surface area contributed by atoms with Gasteiger partial charge in [-0.3, -0.25) is 0 Å². The summed E-state index contributed by atoms with van der Waals surface area (Å²) in [5.41, 5.74) is 0.851. The van der Waals surface area contributed by atoms with Crippen LogP contribution in [0.25, 0.3) is 0 Å². The Hall–Kier alpha value is -1.26. The fraction of sp³-hybridized carbons (Fsp3) is 0.538. The van der Waals surface area contributed by atoms with E-state index in [1.165, 1.54) is 6.07 Å². The number of nitrogens with one attached hydrogen (secondary N) is 1. The Kier molecular flexibility index (Phi) is 4.37. The first-order valence-corrected chi connectivity index (χ1v) is 5.72. The van der Waals surface area contributed by atoms with Gasteiger partial charge in [0.1, 0.15) is 11.5 Å². The second-order valence-electron chi connectivity index (χ2n) is 5.12. The van der Waals surface area contributed by atoms with E-state index < -0.39 is 0 Å². The van der Waals surface area contributed by atoms with E-state index in [0.29, 0.717) is 6.54 Å². The minimum Gasteiger partial charge on any atom is -0.508 e. The average molecular weight is 238 g/mol. The fourth-order valence-electron chi connectivity index (χ4n) is 1.36. The van der Waals surface area contributed by atoms with E-state index in [9.17, 15) is 10.2 Å². The van der Waals surface area contributed by atoms with E-state index in [-0.39, 0.29) is 17.0 Å². The Morgan fingerprint density at radius 2 is 1.88 bits per heavy atom. The van der Waals surface area contributed by atoms with Crippen molar-refractivity contribution in [3.63, 3.8) is 0 Å². The van der Waals surface area contributed by atoms with Gasteiger partial charge < -0.3 is 20.4 Å². The van der Waals surface area contributed by atoms with Crippen molar-refractivity contribution in [1.29, 1.82) is 0 Å². The minimum atomic E-state index is 0.0620. The third-order valence-electron chi connectivity index (χ3n) is 3.15. The van der Waals surface area contributed by atoms with Gasteiger partial charge in [0.25, 0.3) is 0 Å². The molecule has 0 heterocycles. The van der Waals surface area contributed by atoms with Gasteiger partial charge in [-0.1, -0.05) is 6.07 Å². The quantitative estimate of drug-likeness (QED) is 0.728. The van der Waals surface area contributed by atoms with Gasteiger partial charge in [-0.05, 0) is 34.0 Å². The van der Waals surface area contributed by atoms with Crippen molar-refractivity contribution in [2.45, 2.75) is 25.9 Å². The Morgan fingerprint density at radius 1 is 1.24 bits per heavy atom. The molecule has 0 saturated carbocycles. The lowest BCUT2D eigenvalue weighted by atomic mass is 10.0. The summed E-state index contributed by atoms with van der Waals surface area (Å²) in [5, 5.41) is 22.1. The molecule has 0 radical (unpaired) electrons. The normalized spacial score (nSPS) is 12.1. The summed E-state index contributed by atoms with van der Waals surface area (Å²) in [6, 6.07) is 4.66. The molecule has 0 unspecified atom stereocenters. The van der Waals surface area contributed by atoms with Gasteiger partial charge in [0, 0.05) is 30.3 Å². The minimum absolute atomic E-state index is 0.0620. The van der Waals surface area contributed by atoms with E-state index in [2.05, 4.69) is 24.1 Å². The van der Waals surface area contributed by atoms with Gasteiger partial charge in [0.2, 0.25) is 0 Å². The van der Waals surface area contributed by atoms with Gasteiger partial charge in [-0.2, -0.15) is 0 Å². The van der Waals surface area contributed by atoms with Gasteiger partial charge in [-0.25, -0.2) is 0 Å². The Balaban J connectivity index is 2.51. The maximum absolute atomic E-state index is 9.62. The Morgan fingerprint density at radius 3 is 2.41 bits per heavy atom. The molecule has 0 atom stereocenters. The lowest BCUT2D eigenvalue weighted by molar-refractivity contribution is 0.189. The van der Waals surface area contributed by atoms with Crippen LogP contribution in [0.15, 0.2) is 18.2 Å². The summed E-state index contributed by atoms with van der Waals surface area (Å²) in [7, 11) is 4.08. The van der Waals surface area contributed by atoms with Crippen LogP contribution in [0.2, 0.25) is 0 Å². The monoisotopic (exact) mass is 238 g/mol. The van der Waals surface area contributed by atoms with Crippen molar-refractivity contribution in [1.82, 2.24) is 10.2 Å². The first kappa shape index (κ1) is 13.8. The number of phenols is 2. The third kappa shape index (κ3) is 3.91. The summed E-state index contributed by atoms with van der Waals surface area (Å²) < 4.78 is 0. The molecule has 0 aliphatic heterocycles. The topological polar surface area (TPSA) is 55.7 Å². The largest absolute Gasteiger partial charge is 0.508 e. The highest BCUT2D eigenvalue weighted by Crippen LogP contribution is 2.22. The highest BCUT2D eigenvalue weighted by atomic mass is 16.3. The summed E-state index contributed by atoms with van der Waals surface area (Å²) in [6.45, 7) is 5.71. The molecule has 0 saturated heterocycles. The second kappa shape index (κ2) is 5.38. The molecule has 0 aromatic heterocycles. The van der Waals surface area contributed by atoms with Crippen LogP contribution in [-0.2, 0) is 6.54 Å². The number of aromatic hydroxyl groups is 2. The molecular formula is C13H22N2O2. The van der Waals surface area contributed by atoms with Crippen LogP contribution in [0.1, 0.15) is 19.4 Å². The number of phenolic OH excluding ortho intramolecular Hbond substituents is 2. The predicted molar refractivity (Wildman–Crippen MR) is 69.2 cm³/mol. The lowest BCUT2D eigenvalue weighted by Gasteiger charge is -2.32. The highest BCUT2D eigenvalue weighted by molar-refractivity contribution is 5.38. The molecule has 0 bridgehead atoms. The first-order valence-electron chi connectivity index (χ1n) is 5.72. The zero-order valence-electron chi connectivity index (χ0n) is 11.0. The van der Waals surface area contributed by atoms with Crippen LogP contribution < -0.4 is 5.32 Å². The standard InChI is InChI=1S/C13H22N2O2/c1-13(2,15(3)4)9-14-8-10-5-6-11(16)7-12(10)17/h5-7,14,16-17H,8-9H2,1-4H3. The van der Waals surface area contributed by atoms with Crippen molar-refractivity contribution in [3.05, 3.63) is 23.8 Å². The molecular weight excluding hydrogens is 216 g/mol. The molecule has 0 fully saturated rings. The second-order valence-corrected chi connectivity index (χ2v) is 5.12. The predicted octanol–water partition coefficient (Wildman–Crippen LogP) is 1.53. The zero-order valence-corrected chi connectivity index (χ0v) is 11.0. The molecule has 0 spiro atoms. The van der Waals surface area contributed by atoms with Crippen molar-refractivity contribution < 1.29 is 10.2 Å². The van der Waals surface area contributed by atoms with Crippen LogP contribution in [-0.4, -0.2) is 41.3 Å². The van der Waals surface area contributed by atoms with Crippen LogP contribution in [0.5, 0.6) is 11.5 Å². The summed E-state index contributed by atoms with van der Waals surface area (Å²) in [4.78, 5) is 2.15. The number of hydrogen-bond acceptors (Lipinski definition) is 4. The maximum atomic E-state index is 9.62. The van der Waals surface area contributed by atoms with E-state index >= 15 is 0 Å². The molecule has 0 aliphatic rings. The molecule has 1 rings (SSSR count). The van der Waals surface area contributed by atoms with Crippen molar-refractivity contribution in [2.24, 2.45) is 0 Å². The molecule has 0 amide bonds. The number of hydrogen-bond donors (Lipinski definition) is 3. The van der Waals surface area contributed by atoms with Crippen LogP contribution in [0.4, 0.5) is 0 Å². The molecule has 17 heavy (non-hydrogen) atoms. The van der Waals surface area contributed by atoms with Crippen molar-refractivity contribution in [3.8, 4) is 11.5 Å². The van der Waals surface area contributed by atoms with E-state index in [0.717, 1.165) is 12.1 Å². The Bertz CT molecular complexity index is 376. The highest BCUT2D eigenvalue weighted by Gasteiger charge is 2.19. The van der Waals surface area contributed by atoms with Crippen LogP contribution in [0.3, 0.4) is 0 Å². The third-order valence-corrected chi connectivity index (χ3v) is 3.15. The number of benzene rings is 1. The van der Waals surface area contributed by atoms with E-state index in [1.807, 2.05) is 14.1 Å². The van der Waals surface area contributed by atoms with Crippen LogP contribution >= 0.6 is 0 Å². The molecule has 0 aliphatic carbocycles. The summed E-state index contributed by atoms with van der Waals surface area (Å²) in [5.74, 6) is 0.208. The van der Waals surface area contributed by atoms with Crippen LogP contribution in [0, 0.1) is 0 Å². The summed E-state index contributed by atoms with van der Waals surface area (Å²) >= 11 is 0. The lowest BCUT2D eigenvalue weighted by Crippen LogP contribution is -2.46. The molecule has 4 heteroatoms.